The lowest BCUT2D eigenvalue weighted by Gasteiger charge is -2.32. The smallest absolute Gasteiger partial charge is 0.493 e. The molecule has 1 aliphatic rings. The fourth-order valence-electron chi connectivity index (χ4n) is 4.62. The Labute approximate surface area is 241 Å². The average Bonchev–Trinajstić information content (AvgIpc) is 3.12. The molecule has 3 aromatic rings. The van der Waals surface area contributed by atoms with E-state index in [0.717, 1.165) is 57.4 Å². The highest BCUT2D eigenvalue weighted by atomic mass is 79.9. The Kier molecular flexibility index (Phi) is 9.11. The predicted octanol–water partition coefficient (Wildman–Crippen LogP) is 7.76. The standard InChI is InChI=1S/C32H37BBrNO4/c1-8-23-17-22(2)29(33-38-31(3,4)32(5,6)39-33)20-30(23)36-16-10-11-24-18-27(35-7)15-14-25(24)21-37-28-13-9-12-26(34)19-28/h9,12-15,17-20H,8,10-11,16,21H2,1-6H3. The third-order valence-electron chi connectivity index (χ3n) is 7.69. The molecule has 3 aromatic carbocycles. The lowest BCUT2D eigenvalue weighted by atomic mass is 9.75. The third kappa shape index (κ3) is 6.87. The van der Waals surface area contributed by atoms with Crippen LogP contribution in [0.1, 0.15) is 63.3 Å². The van der Waals surface area contributed by atoms with Crippen LogP contribution in [0.2, 0.25) is 0 Å². The Morgan fingerprint density at radius 1 is 0.923 bits per heavy atom. The van der Waals surface area contributed by atoms with E-state index in [2.05, 4.69) is 74.5 Å². The van der Waals surface area contributed by atoms with Crippen LogP contribution in [-0.4, -0.2) is 24.9 Å². The number of hydrogen-bond donors (Lipinski definition) is 0. The molecule has 0 atom stereocenters. The van der Waals surface area contributed by atoms with Gasteiger partial charge in [-0.25, -0.2) is 4.85 Å². The van der Waals surface area contributed by atoms with Gasteiger partial charge in [-0.2, -0.15) is 0 Å². The molecule has 0 N–H and O–H groups in total. The minimum atomic E-state index is -0.424. The molecule has 0 saturated carbocycles. The van der Waals surface area contributed by atoms with Crippen molar-refractivity contribution in [2.45, 2.75) is 78.6 Å². The van der Waals surface area contributed by atoms with Crippen LogP contribution >= 0.6 is 15.9 Å². The molecule has 204 valence electrons. The normalized spacial score (nSPS) is 15.7. The maximum atomic E-state index is 7.44. The molecule has 0 aliphatic carbocycles. The molecule has 0 unspecified atom stereocenters. The van der Waals surface area contributed by atoms with Crippen molar-refractivity contribution < 1.29 is 18.8 Å². The fourth-order valence-corrected chi connectivity index (χ4v) is 4.99. The molecule has 0 amide bonds. The monoisotopic (exact) mass is 589 g/mol. The van der Waals surface area contributed by atoms with Crippen LogP contribution in [0.4, 0.5) is 5.69 Å². The van der Waals surface area contributed by atoms with Crippen molar-refractivity contribution in [3.8, 4) is 11.5 Å². The molecule has 1 aliphatic heterocycles. The van der Waals surface area contributed by atoms with E-state index in [4.69, 9.17) is 25.4 Å². The molecule has 4 rings (SSSR count). The molecular formula is C32H37BBrNO4. The van der Waals surface area contributed by atoms with Crippen molar-refractivity contribution in [3.05, 3.63) is 92.7 Å². The maximum Gasteiger partial charge on any atom is 0.495 e. The van der Waals surface area contributed by atoms with Gasteiger partial charge in [0.25, 0.3) is 0 Å². The topological polar surface area (TPSA) is 41.3 Å². The number of benzene rings is 3. The summed E-state index contributed by atoms with van der Waals surface area (Å²) in [5.74, 6) is 1.68. The number of aryl methyl sites for hydroxylation is 3. The molecule has 0 spiro atoms. The second-order valence-corrected chi connectivity index (χ2v) is 11.9. The summed E-state index contributed by atoms with van der Waals surface area (Å²) in [5, 5.41) is 0. The molecule has 39 heavy (non-hydrogen) atoms. The third-order valence-corrected chi connectivity index (χ3v) is 8.19. The van der Waals surface area contributed by atoms with Gasteiger partial charge in [0.1, 0.15) is 18.1 Å². The van der Waals surface area contributed by atoms with Gasteiger partial charge in [0.15, 0.2) is 5.69 Å². The molecule has 7 heteroatoms. The van der Waals surface area contributed by atoms with Crippen molar-refractivity contribution in [3.63, 3.8) is 0 Å². The van der Waals surface area contributed by atoms with Gasteiger partial charge in [-0.1, -0.05) is 64.3 Å². The first-order chi connectivity index (χ1) is 18.5. The maximum absolute atomic E-state index is 7.44. The van der Waals surface area contributed by atoms with E-state index < -0.39 is 18.3 Å². The Morgan fingerprint density at radius 3 is 2.33 bits per heavy atom. The highest BCUT2D eigenvalue weighted by Crippen LogP contribution is 2.37. The van der Waals surface area contributed by atoms with E-state index in [-0.39, 0.29) is 0 Å². The Morgan fingerprint density at radius 2 is 1.67 bits per heavy atom. The van der Waals surface area contributed by atoms with Crippen LogP contribution in [0.15, 0.2) is 59.1 Å². The zero-order valence-electron chi connectivity index (χ0n) is 23.8. The van der Waals surface area contributed by atoms with Gasteiger partial charge in [0, 0.05) is 4.47 Å². The Balaban J connectivity index is 1.43. The van der Waals surface area contributed by atoms with E-state index >= 15 is 0 Å². The van der Waals surface area contributed by atoms with E-state index in [0.29, 0.717) is 18.9 Å². The zero-order valence-corrected chi connectivity index (χ0v) is 25.4. The zero-order chi connectivity index (χ0) is 28.2. The molecular weight excluding hydrogens is 553 g/mol. The average molecular weight is 590 g/mol. The Hall–Kier alpha value is -2.79. The SMILES string of the molecule is [C-]#[N+]c1ccc(COc2cccc(Br)c2)c(CCCOc2cc(B3OC(C)(C)C(C)(C)O3)c(C)cc2CC)c1. The van der Waals surface area contributed by atoms with Crippen molar-refractivity contribution >= 4 is 34.2 Å². The lowest BCUT2D eigenvalue weighted by Crippen LogP contribution is -2.41. The van der Waals surface area contributed by atoms with Crippen LogP contribution in [0.5, 0.6) is 11.5 Å². The summed E-state index contributed by atoms with van der Waals surface area (Å²) >= 11 is 3.49. The summed E-state index contributed by atoms with van der Waals surface area (Å²) < 4.78 is 26.0. The summed E-state index contributed by atoms with van der Waals surface area (Å²) in [5.41, 5.74) is 5.36. The predicted molar refractivity (Wildman–Crippen MR) is 161 cm³/mol. The van der Waals surface area contributed by atoms with Crippen molar-refractivity contribution in [1.29, 1.82) is 0 Å². The number of nitrogens with zero attached hydrogens (tertiary/aromatic N) is 1. The largest absolute Gasteiger partial charge is 0.495 e. The molecule has 0 radical (unpaired) electrons. The molecule has 0 aromatic heterocycles. The van der Waals surface area contributed by atoms with Crippen LogP contribution in [0, 0.1) is 13.5 Å². The van der Waals surface area contributed by atoms with Gasteiger partial charge in [0.05, 0.1) is 24.4 Å². The van der Waals surface area contributed by atoms with E-state index in [9.17, 15) is 0 Å². The first kappa shape index (κ1) is 29.2. The van der Waals surface area contributed by atoms with Gasteiger partial charge in [0.2, 0.25) is 0 Å². The molecule has 1 heterocycles. The molecule has 1 fully saturated rings. The van der Waals surface area contributed by atoms with E-state index in [1.807, 2.05) is 42.5 Å². The minimum Gasteiger partial charge on any atom is -0.493 e. The second kappa shape index (κ2) is 12.2. The van der Waals surface area contributed by atoms with Crippen LogP contribution in [-0.2, 0) is 28.8 Å². The van der Waals surface area contributed by atoms with Crippen molar-refractivity contribution in [1.82, 2.24) is 0 Å². The summed E-state index contributed by atoms with van der Waals surface area (Å²) in [4.78, 5) is 3.62. The van der Waals surface area contributed by atoms with Gasteiger partial charge in [-0.15, -0.1) is 0 Å². The highest BCUT2D eigenvalue weighted by Gasteiger charge is 2.52. The van der Waals surface area contributed by atoms with Gasteiger partial charge >= 0.3 is 7.12 Å². The first-order valence-electron chi connectivity index (χ1n) is 13.5. The molecule has 1 saturated heterocycles. The molecule has 5 nitrogen and oxygen atoms in total. The number of hydrogen-bond acceptors (Lipinski definition) is 4. The van der Waals surface area contributed by atoms with Gasteiger partial charge in [-0.05, 0) is 94.7 Å². The Bertz CT molecular complexity index is 1350. The number of halogens is 1. The van der Waals surface area contributed by atoms with Crippen LogP contribution in [0.25, 0.3) is 4.85 Å². The van der Waals surface area contributed by atoms with Crippen LogP contribution in [0.3, 0.4) is 0 Å². The number of ether oxygens (including phenoxy) is 2. The van der Waals surface area contributed by atoms with Crippen molar-refractivity contribution in [2.24, 2.45) is 0 Å². The van der Waals surface area contributed by atoms with Gasteiger partial charge in [-0.3, -0.25) is 0 Å². The second-order valence-electron chi connectivity index (χ2n) is 11.0. The fraction of sp³-hybridized carbons (Fsp3) is 0.406. The quantitative estimate of drug-likeness (QED) is 0.138. The summed E-state index contributed by atoms with van der Waals surface area (Å²) in [6.45, 7) is 21.0. The van der Waals surface area contributed by atoms with Crippen LogP contribution < -0.4 is 14.9 Å². The lowest BCUT2D eigenvalue weighted by molar-refractivity contribution is 0.00578. The first-order valence-corrected chi connectivity index (χ1v) is 14.3. The molecule has 0 bridgehead atoms. The summed E-state index contributed by atoms with van der Waals surface area (Å²) in [6.07, 6.45) is 2.48. The minimum absolute atomic E-state index is 0.396. The van der Waals surface area contributed by atoms with E-state index in [1.165, 1.54) is 5.56 Å². The van der Waals surface area contributed by atoms with Crippen molar-refractivity contribution in [2.75, 3.05) is 6.61 Å². The number of rotatable bonds is 10. The highest BCUT2D eigenvalue weighted by molar-refractivity contribution is 9.10. The van der Waals surface area contributed by atoms with E-state index in [1.54, 1.807) is 0 Å². The van der Waals surface area contributed by atoms with Gasteiger partial charge < -0.3 is 18.8 Å². The summed E-state index contributed by atoms with van der Waals surface area (Å²) in [7, 11) is -0.424. The summed E-state index contributed by atoms with van der Waals surface area (Å²) in [6, 6.07) is 17.9.